The lowest BCUT2D eigenvalue weighted by Crippen LogP contribution is -2.20. The summed E-state index contributed by atoms with van der Waals surface area (Å²) in [5.74, 6) is 0. The van der Waals surface area contributed by atoms with Gasteiger partial charge in [-0.2, -0.15) is 0 Å². The molecule has 2 heterocycles. The van der Waals surface area contributed by atoms with E-state index < -0.39 is 0 Å². The SMILES string of the molecule is CCCc1cc(C2=CCNCC2)ccc1-c1cnccc1C. The quantitative estimate of drug-likeness (QED) is 0.904. The molecule has 1 aliphatic rings. The number of nitrogens with zero attached hydrogens (tertiary/aromatic N) is 1. The molecule has 2 nitrogen and oxygen atoms in total. The van der Waals surface area contributed by atoms with Crippen molar-refractivity contribution >= 4 is 5.57 Å². The topological polar surface area (TPSA) is 24.9 Å². The van der Waals surface area contributed by atoms with Crippen molar-refractivity contribution in [2.24, 2.45) is 0 Å². The zero-order valence-corrected chi connectivity index (χ0v) is 13.5. The van der Waals surface area contributed by atoms with E-state index in [1.54, 1.807) is 0 Å². The molecule has 0 saturated heterocycles. The Morgan fingerprint density at radius 3 is 2.82 bits per heavy atom. The van der Waals surface area contributed by atoms with E-state index in [4.69, 9.17) is 0 Å². The molecule has 1 N–H and O–H groups in total. The molecule has 0 amide bonds. The molecule has 0 atom stereocenters. The van der Waals surface area contributed by atoms with E-state index in [0.717, 1.165) is 32.4 Å². The maximum Gasteiger partial charge on any atom is 0.0349 e. The third-order valence-corrected chi connectivity index (χ3v) is 4.39. The van der Waals surface area contributed by atoms with Gasteiger partial charge in [-0.05, 0) is 60.2 Å². The summed E-state index contributed by atoms with van der Waals surface area (Å²) in [5.41, 5.74) is 8.19. The summed E-state index contributed by atoms with van der Waals surface area (Å²) in [5, 5.41) is 3.38. The molecular formula is C20H24N2. The number of nitrogens with one attached hydrogen (secondary N) is 1. The Hall–Kier alpha value is -1.93. The van der Waals surface area contributed by atoms with E-state index in [-0.39, 0.29) is 0 Å². The zero-order chi connectivity index (χ0) is 15.4. The molecule has 114 valence electrons. The first-order chi connectivity index (χ1) is 10.8. The van der Waals surface area contributed by atoms with Crippen LogP contribution in [0.25, 0.3) is 16.7 Å². The van der Waals surface area contributed by atoms with Crippen LogP contribution in [0.5, 0.6) is 0 Å². The van der Waals surface area contributed by atoms with E-state index in [0.29, 0.717) is 0 Å². The van der Waals surface area contributed by atoms with Crippen LogP contribution >= 0.6 is 0 Å². The van der Waals surface area contributed by atoms with Crippen LogP contribution in [0.15, 0.2) is 42.7 Å². The fourth-order valence-corrected chi connectivity index (χ4v) is 3.16. The number of pyridine rings is 1. The second kappa shape index (κ2) is 6.89. The van der Waals surface area contributed by atoms with E-state index in [1.807, 2.05) is 12.4 Å². The molecule has 1 aliphatic heterocycles. The summed E-state index contributed by atoms with van der Waals surface area (Å²) in [6.45, 7) is 6.48. The summed E-state index contributed by atoms with van der Waals surface area (Å²) in [6, 6.07) is 9.04. The van der Waals surface area contributed by atoms with Crippen LogP contribution in [0, 0.1) is 6.92 Å². The average molecular weight is 292 g/mol. The zero-order valence-electron chi connectivity index (χ0n) is 13.5. The highest BCUT2D eigenvalue weighted by Gasteiger charge is 2.11. The van der Waals surface area contributed by atoms with Gasteiger partial charge in [0.1, 0.15) is 0 Å². The van der Waals surface area contributed by atoms with Gasteiger partial charge in [0, 0.05) is 24.5 Å². The van der Waals surface area contributed by atoms with Gasteiger partial charge in [-0.25, -0.2) is 0 Å². The number of aryl methyl sites for hydroxylation is 2. The minimum absolute atomic E-state index is 0.988. The molecule has 2 heteroatoms. The lowest BCUT2D eigenvalue weighted by molar-refractivity contribution is 0.738. The predicted molar refractivity (Wildman–Crippen MR) is 93.9 cm³/mol. The maximum absolute atomic E-state index is 4.32. The van der Waals surface area contributed by atoms with Gasteiger partial charge in [-0.3, -0.25) is 4.98 Å². The molecule has 0 bridgehead atoms. The minimum atomic E-state index is 0.988. The molecule has 0 spiro atoms. The fraction of sp³-hybridized carbons (Fsp3) is 0.350. The van der Waals surface area contributed by atoms with Gasteiger partial charge in [0.05, 0.1) is 0 Å². The Balaban J connectivity index is 2.04. The number of rotatable bonds is 4. The first kappa shape index (κ1) is 15.0. The van der Waals surface area contributed by atoms with Crippen molar-refractivity contribution in [2.45, 2.75) is 33.1 Å². The monoisotopic (exact) mass is 292 g/mol. The normalized spacial score (nSPS) is 14.7. The molecule has 0 saturated carbocycles. The van der Waals surface area contributed by atoms with E-state index in [1.165, 1.54) is 33.4 Å². The van der Waals surface area contributed by atoms with Gasteiger partial charge in [-0.1, -0.05) is 37.6 Å². The van der Waals surface area contributed by atoms with Crippen molar-refractivity contribution in [3.8, 4) is 11.1 Å². The molecule has 2 aromatic rings. The fourth-order valence-electron chi connectivity index (χ4n) is 3.16. The molecular weight excluding hydrogens is 268 g/mol. The first-order valence-electron chi connectivity index (χ1n) is 8.23. The van der Waals surface area contributed by atoms with Crippen molar-refractivity contribution in [3.63, 3.8) is 0 Å². The number of benzene rings is 1. The Morgan fingerprint density at radius 2 is 2.09 bits per heavy atom. The molecule has 3 rings (SSSR count). The second-order valence-electron chi connectivity index (χ2n) is 6.00. The van der Waals surface area contributed by atoms with Crippen molar-refractivity contribution in [1.82, 2.24) is 10.3 Å². The van der Waals surface area contributed by atoms with Crippen LogP contribution in [0.3, 0.4) is 0 Å². The van der Waals surface area contributed by atoms with Gasteiger partial charge < -0.3 is 5.32 Å². The van der Waals surface area contributed by atoms with Crippen LogP contribution in [-0.4, -0.2) is 18.1 Å². The third kappa shape index (κ3) is 3.12. The van der Waals surface area contributed by atoms with Gasteiger partial charge in [0.2, 0.25) is 0 Å². The van der Waals surface area contributed by atoms with Crippen LogP contribution < -0.4 is 5.32 Å². The van der Waals surface area contributed by atoms with Gasteiger partial charge in [-0.15, -0.1) is 0 Å². The van der Waals surface area contributed by atoms with Crippen molar-refractivity contribution in [1.29, 1.82) is 0 Å². The van der Waals surface area contributed by atoms with Crippen LogP contribution in [0.2, 0.25) is 0 Å². The molecule has 1 aromatic carbocycles. The average Bonchev–Trinajstić information content (AvgIpc) is 2.57. The van der Waals surface area contributed by atoms with Crippen LogP contribution in [-0.2, 0) is 6.42 Å². The number of hydrogen-bond acceptors (Lipinski definition) is 2. The Kier molecular flexibility index (Phi) is 4.69. The highest BCUT2D eigenvalue weighted by Crippen LogP contribution is 2.30. The van der Waals surface area contributed by atoms with Gasteiger partial charge in [0.25, 0.3) is 0 Å². The summed E-state index contributed by atoms with van der Waals surface area (Å²) < 4.78 is 0. The lowest BCUT2D eigenvalue weighted by Gasteiger charge is -2.17. The highest BCUT2D eigenvalue weighted by atomic mass is 14.8. The van der Waals surface area contributed by atoms with E-state index in [2.05, 4.69) is 54.5 Å². The highest BCUT2D eigenvalue weighted by molar-refractivity contribution is 5.75. The van der Waals surface area contributed by atoms with E-state index in [9.17, 15) is 0 Å². The molecule has 0 radical (unpaired) electrons. The first-order valence-corrected chi connectivity index (χ1v) is 8.23. The summed E-state index contributed by atoms with van der Waals surface area (Å²) in [4.78, 5) is 4.32. The van der Waals surface area contributed by atoms with Crippen LogP contribution in [0.4, 0.5) is 0 Å². The Labute approximate surface area is 133 Å². The van der Waals surface area contributed by atoms with Crippen LogP contribution in [0.1, 0.15) is 36.5 Å². The number of hydrogen-bond donors (Lipinski definition) is 1. The standard InChI is InChI=1S/C20H24N2/c1-3-4-18-13-17(16-8-11-21-12-9-16)5-6-19(18)20-14-22-10-7-15(20)2/h5-8,10,13-14,21H,3-4,9,11-12H2,1-2H3. The summed E-state index contributed by atoms with van der Waals surface area (Å²) in [7, 11) is 0. The van der Waals surface area contributed by atoms with Crippen molar-refractivity contribution in [3.05, 3.63) is 59.4 Å². The third-order valence-electron chi connectivity index (χ3n) is 4.39. The summed E-state index contributed by atoms with van der Waals surface area (Å²) in [6.07, 6.45) is 9.58. The largest absolute Gasteiger partial charge is 0.313 e. The van der Waals surface area contributed by atoms with Crippen molar-refractivity contribution < 1.29 is 0 Å². The smallest absolute Gasteiger partial charge is 0.0349 e. The van der Waals surface area contributed by atoms with E-state index >= 15 is 0 Å². The Morgan fingerprint density at radius 1 is 1.18 bits per heavy atom. The maximum atomic E-state index is 4.32. The molecule has 0 fully saturated rings. The Bertz CT molecular complexity index is 686. The summed E-state index contributed by atoms with van der Waals surface area (Å²) >= 11 is 0. The lowest BCUT2D eigenvalue weighted by atomic mass is 9.90. The molecule has 22 heavy (non-hydrogen) atoms. The molecule has 0 unspecified atom stereocenters. The number of aromatic nitrogens is 1. The second-order valence-corrected chi connectivity index (χ2v) is 6.00. The molecule has 0 aliphatic carbocycles. The van der Waals surface area contributed by atoms with Gasteiger partial charge >= 0.3 is 0 Å². The predicted octanol–water partition coefficient (Wildman–Crippen LogP) is 4.39. The van der Waals surface area contributed by atoms with Gasteiger partial charge in [0.15, 0.2) is 0 Å². The van der Waals surface area contributed by atoms with Crippen molar-refractivity contribution in [2.75, 3.05) is 13.1 Å². The molecule has 1 aromatic heterocycles. The minimum Gasteiger partial charge on any atom is -0.313 e.